The summed E-state index contributed by atoms with van der Waals surface area (Å²) in [5.41, 5.74) is 1.10. The summed E-state index contributed by atoms with van der Waals surface area (Å²) in [5.74, 6) is -0.0178. The summed E-state index contributed by atoms with van der Waals surface area (Å²) in [6.45, 7) is 4.18. The number of hydrogen-bond acceptors (Lipinski definition) is 1. The Hall–Kier alpha value is -1.09. The van der Waals surface area contributed by atoms with Crippen LogP contribution in [0, 0.1) is 0 Å². The van der Waals surface area contributed by atoms with Gasteiger partial charge in [0.05, 0.1) is 6.42 Å². The molecule has 1 N–H and O–H groups in total. The molecule has 1 aromatic rings. The number of nitrogens with one attached hydrogen (secondary N) is 1. The molecule has 0 unspecified atom stereocenters. The summed E-state index contributed by atoms with van der Waals surface area (Å²) in [6.07, 6.45) is 0.326. The third-order valence-electron chi connectivity index (χ3n) is 1.68. The van der Waals surface area contributed by atoms with E-state index in [4.69, 9.17) is 0 Å². The zero-order chi connectivity index (χ0) is 10.4. The van der Waals surface area contributed by atoms with Gasteiger partial charge in [-0.2, -0.15) is 0 Å². The van der Waals surface area contributed by atoms with Gasteiger partial charge in [0.1, 0.15) is 0 Å². The normalized spacial score (nSPS) is 9.50. The Kier molecular flexibility index (Phi) is 4.40. The van der Waals surface area contributed by atoms with E-state index in [2.05, 4.69) is 27.8 Å². The van der Waals surface area contributed by atoms with Crippen LogP contribution in [0.15, 0.2) is 41.4 Å². The van der Waals surface area contributed by atoms with Crippen molar-refractivity contribution in [3.05, 3.63) is 47.0 Å². The second-order valence-electron chi connectivity index (χ2n) is 2.96. The van der Waals surface area contributed by atoms with Crippen LogP contribution in [-0.4, -0.2) is 5.91 Å². The molecule has 0 aliphatic heterocycles. The molecule has 3 heteroatoms. The zero-order valence-electron chi connectivity index (χ0n) is 7.79. The molecule has 1 amide bonds. The van der Waals surface area contributed by atoms with Gasteiger partial charge in [-0.1, -0.05) is 52.8 Å². The fourth-order valence-corrected chi connectivity index (χ4v) is 1.29. The van der Waals surface area contributed by atoms with E-state index < -0.39 is 0 Å². The lowest BCUT2D eigenvalue weighted by molar-refractivity contribution is -0.120. The Morgan fingerprint density at radius 1 is 1.36 bits per heavy atom. The van der Waals surface area contributed by atoms with Gasteiger partial charge in [-0.25, -0.2) is 0 Å². The second kappa shape index (κ2) is 5.60. The van der Waals surface area contributed by atoms with Crippen molar-refractivity contribution in [1.82, 2.24) is 5.32 Å². The number of amides is 1. The lowest BCUT2D eigenvalue weighted by Crippen LogP contribution is -2.22. The second-order valence-corrected chi connectivity index (χ2v) is 4.08. The average Bonchev–Trinajstić information content (AvgIpc) is 2.15. The summed E-state index contributed by atoms with van der Waals surface area (Å²) < 4.78 is 0.697. The highest BCUT2D eigenvalue weighted by Crippen LogP contribution is 2.06. The van der Waals surface area contributed by atoms with E-state index in [1.165, 1.54) is 0 Å². The molecule has 0 saturated heterocycles. The Balaban J connectivity index is 2.34. The minimum absolute atomic E-state index is 0.0178. The first-order chi connectivity index (χ1) is 6.68. The molecule has 0 radical (unpaired) electrons. The van der Waals surface area contributed by atoms with Crippen LogP contribution in [0.1, 0.15) is 12.0 Å². The Morgan fingerprint density at radius 2 is 2.00 bits per heavy atom. The van der Waals surface area contributed by atoms with Gasteiger partial charge < -0.3 is 5.32 Å². The number of carbonyl (C=O) groups is 1. The fraction of sp³-hybridized carbons (Fsp3) is 0.182. The van der Waals surface area contributed by atoms with E-state index in [1.807, 2.05) is 30.3 Å². The molecule has 0 aliphatic carbocycles. The molecule has 0 heterocycles. The predicted molar refractivity (Wildman–Crippen MR) is 61.0 cm³/mol. The quantitative estimate of drug-likeness (QED) is 0.879. The molecule has 0 aromatic heterocycles. The van der Waals surface area contributed by atoms with Crippen molar-refractivity contribution >= 4 is 21.8 Å². The average molecular weight is 254 g/mol. The van der Waals surface area contributed by atoms with Gasteiger partial charge >= 0.3 is 0 Å². The highest BCUT2D eigenvalue weighted by atomic mass is 79.9. The maximum atomic E-state index is 11.2. The minimum atomic E-state index is -0.0178. The lowest BCUT2D eigenvalue weighted by Gasteiger charge is -2.03. The first-order valence-corrected chi connectivity index (χ1v) is 5.11. The SMILES string of the molecule is C=C(Br)CC(=O)NCc1ccccc1. The molecule has 1 rings (SSSR count). The number of hydrogen-bond donors (Lipinski definition) is 1. The molecule has 14 heavy (non-hydrogen) atoms. The summed E-state index contributed by atoms with van der Waals surface area (Å²) in [5, 5.41) is 2.80. The van der Waals surface area contributed by atoms with Crippen molar-refractivity contribution in [2.24, 2.45) is 0 Å². The topological polar surface area (TPSA) is 29.1 Å². The highest BCUT2D eigenvalue weighted by molar-refractivity contribution is 9.11. The van der Waals surface area contributed by atoms with Gasteiger partial charge in [-0.15, -0.1) is 0 Å². The van der Waals surface area contributed by atoms with Crippen LogP contribution in [0.5, 0.6) is 0 Å². The number of benzene rings is 1. The summed E-state index contributed by atoms with van der Waals surface area (Å²) in [4.78, 5) is 11.2. The van der Waals surface area contributed by atoms with E-state index in [-0.39, 0.29) is 5.91 Å². The number of rotatable bonds is 4. The van der Waals surface area contributed by atoms with Crippen molar-refractivity contribution in [3.8, 4) is 0 Å². The van der Waals surface area contributed by atoms with E-state index in [1.54, 1.807) is 0 Å². The van der Waals surface area contributed by atoms with Crippen LogP contribution in [0.2, 0.25) is 0 Å². The third-order valence-corrected chi connectivity index (χ3v) is 1.97. The van der Waals surface area contributed by atoms with Crippen LogP contribution < -0.4 is 5.32 Å². The van der Waals surface area contributed by atoms with Gasteiger partial charge in [-0.05, 0) is 10.0 Å². The van der Waals surface area contributed by atoms with Crippen LogP contribution in [0.4, 0.5) is 0 Å². The Labute approximate surface area is 92.1 Å². The molecular weight excluding hydrogens is 242 g/mol. The van der Waals surface area contributed by atoms with Gasteiger partial charge in [0.15, 0.2) is 0 Å². The fourth-order valence-electron chi connectivity index (χ4n) is 1.03. The van der Waals surface area contributed by atoms with Crippen LogP contribution in [-0.2, 0) is 11.3 Å². The molecule has 74 valence electrons. The van der Waals surface area contributed by atoms with Gasteiger partial charge in [0.25, 0.3) is 0 Å². The highest BCUT2D eigenvalue weighted by Gasteiger charge is 2.01. The van der Waals surface area contributed by atoms with E-state index in [9.17, 15) is 4.79 Å². The maximum Gasteiger partial charge on any atom is 0.225 e. The summed E-state index contributed by atoms with van der Waals surface area (Å²) in [6, 6.07) is 9.80. The maximum absolute atomic E-state index is 11.2. The van der Waals surface area contributed by atoms with Gasteiger partial charge in [0.2, 0.25) is 5.91 Å². The summed E-state index contributed by atoms with van der Waals surface area (Å²) in [7, 11) is 0. The molecule has 0 saturated carbocycles. The van der Waals surface area contributed by atoms with E-state index in [0.717, 1.165) is 5.56 Å². The molecule has 0 aliphatic rings. The molecule has 1 aromatic carbocycles. The molecular formula is C11H12BrNO. The zero-order valence-corrected chi connectivity index (χ0v) is 9.38. The standard InChI is InChI=1S/C11H12BrNO/c1-9(12)7-11(14)13-8-10-5-3-2-4-6-10/h2-6H,1,7-8H2,(H,13,14). The minimum Gasteiger partial charge on any atom is -0.352 e. The van der Waals surface area contributed by atoms with Crippen LogP contribution >= 0.6 is 15.9 Å². The van der Waals surface area contributed by atoms with Crippen molar-refractivity contribution < 1.29 is 4.79 Å². The lowest BCUT2D eigenvalue weighted by atomic mass is 10.2. The van der Waals surface area contributed by atoms with E-state index in [0.29, 0.717) is 17.4 Å². The molecule has 2 nitrogen and oxygen atoms in total. The first-order valence-electron chi connectivity index (χ1n) is 4.32. The van der Waals surface area contributed by atoms with E-state index >= 15 is 0 Å². The predicted octanol–water partition coefficient (Wildman–Crippen LogP) is 2.60. The summed E-state index contributed by atoms with van der Waals surface area (Å²) >= 11 is 3.15. The van der Waals surface area contributed by atoms with Gasteiger partial charge in [-0.3, -0.25) is 4.79 Å². The third kappa shape index (κ3) is 4.23. The number of halogens is 1. The van der Waals surface area contributed by atoms with Crippen LogP contribution in [0.3, 0.4) is 0 Å². The Bertz CT molecular complexity index is 321. The van der Waals surface area contributed by atoms with Crippen LogP contribution in [0.25, 0.3) is 0 Å². The smallest absolute Gasteiger partial charge is 0.225 e. The first kappa shape index (κ1) is 11.0. The van der Waals surface area contributed by atoms with Crippen molar-refractivity contribution in [1.29, 1.82) is 0 Å². The van der Waals surface area contributed by atoms with Crippen molar-refractivity contribution in [3.63, 3.8) is 0 Å². The Morgan fingerprint density at radius 3 is 2.57 bits per heavy atom. The molecule has 0 spiro atoms. The molecule has 0 bridgehead atoms. The van der Waals surface area contributed by atoms with Crippen molar-refractivity contribution in [2.45, 2.75) is 13.0 Å². The molecule has 0 atom stereocenters. The monoisotopic (exact) mass is 253 g/mol. The van der Waals surface area contributed by atoms with Crippen molar-refractivity contribution in [2.75, 3.05) is 0 Å². The largest absolute Gasteiger partial charge is 0.352 e. The molecule has 0 fully saturated rings. The van der Waals surface area contributed by atoms with Gasteiger partial charge in [0, 0.05) is 6.54 Å². The number of carbonyl (C=O) groups excluding carboxylic acids is 1.